The summed E-state index contributed by atoms with van der Waals surface area (Å²) in [6, 6.07) is 10.6. The molecule has 0 aliphatic heterocycles. The van der Waals surface area contributed by atoms with Gasteiger partial charge in [0.25, 0.3) is 0 Å². The van der Waals surface area contributed by atoms with E-state index >= 15 is 0 Å². The van der Waals surface area contributed by atoms with Crippen molar-refractivity contribution in [2.75, 3.05) is 11.9 Å². The van der Waals surface area contributed by atoms with Gasteiger partial charge in [-0.25, -0.2) is 9.07 Å². The van der Waals surface area contributed by atoms with Crippen molar-refractivity contribution in [2.24, 2.45) is 5.92 Å². The molecule has 2 aliphatic rings. The molecule has 35 heavy (non-hydrogen) atoms. The first-order valence-corrected chi connectivity index (χ1v) is 12.1. The molecule has 3 aromatic rings. The van der Waals surface area contributed by atoms with E-state index in [4.69, 9.17) is 9.47 Å². The average Bonchev–Trinajstić information content (AvgIpc) is 3.57. The molecule has 1 atom stereocenters. The van der Waals surface area contributed by atoms with Crippen LogP contribution in [0.1, 0.15) is 68.4 Å². The van der Waals surface area contributed by atoms with Crippen LogP contribution in [-0.4, -0.2) is 33.4 Å². The van der Waals surface area contributed by atoms with Crippen LogP contribution in [-0.2, 0) is 0 Å². The maximum atomic E-state index is 14.6. The van der Waals surface area contributed by atoms with Crippen molar-refractivity contribution < 1.29 is 22.6 Å². The zero-order valence-corrected chi connectivity index (χ0v) is 19.2. The van der Waals surface area contributed by atoms with Crippen LogP contribution in [0.4, 0.5) is 18.9 Å². The molecule has 7 nitrogen and oxygen atoms in total. The van der Waals surface area contributed by atoms with Crippen molar-refractivity contribution >= 4 is 5.69 Å². The minimum Gasteiger partial charge on any atom is -0.489 e. The van der Waals surface area contributed by atoms with E-state index in [0.29, 0.717) is 23.9 Å². The zero-order chi connectivity index (χ0) is 24.2. The lowest BCUT2D eigenvalue weighted by Gasteiger charge is -2.26. The second-order valence-electron chi connectivity index (χ2n) is 9.17. The van der Waals surface area contributed by atoms with E-state index in [1.807, 2.05) is 4.68 Å². The van der Waals surface area contributed by atoms with Gasteiger partial charge in [0.05, 0.1) is 18.3 Å². The minimum absolute atomic E-state index is 0.0408. The molecule has 1 unspecified atom stereocenters. The predicted molar refractivity (Wildman–Crippen MR) is 123 cm³/mol. The second-order valence-corrected chi connectivity index (χ2v) is 9.17. The van der Waals surface area contributed by atoms with Gasteiger partial charge in [-0.1, -0.05) is 37.5 Å². The fraction of sp³-hybridized carbons (Fsp3) is 0.480. The SMILES string of the molecule is Fc1ccccc1NC(c1ccc(OC(F)F)c(OCC2CC2)c1)c1nnnn1C1CCCCC1. The molecule has 0 saturated heterocycles. The average molecular weight is 488 g/mol. The summed E-state index contributed by atoms with van der Waals surface area (Å²) in [4.78, 5) is 0. The van der Waals surface area contributed by atoms with Crippen LogP contribution in [0.15, 0.2) is 42.5 Å². The van der Waals surface area contributed by atoms with Crippen LogP contribution in [0.5, 0.6) is 11.5 Å². The number of rotatable bonds is 10. The number of para-hydroxylation sites is 1. The van der Waals surface area contributed by atoms with Crippen LogP contribution in [0.2, 0.25) is 0 Å². The highest BCUT2D eigenvalue weighted by atomic mass is 19.3. The molecule has 1 heterocycles. The summed E-state index contributed by atoms with van der Waals surface area (Å²) in [6.07, 6.45) is 7.39. The maximum Gasteiger partial charge on any atom is 0.387 e. The molecule has 0 amide bonds. The summed E-state index contributed by atoms with van der Waals surface area (Å²) in [7, 11) is 0. The molecule has 2 saturated carbocycles. The molecular formula is C25H28F3N5O2. The molecule has 2 aromatic carbocycles. The molecule has 186 valence electrons. The number of ether oxygens (including phenoxy) is 2. The summed E-state index contributed by atoms with van der Waals surface area (Å²) in [6.45, 7) is -2.55. The number of anilines is 1. The number of aromatic nitrogens is 4. The number of nitrogens with zero attached hydrogens (tertiary/aromatic N) is 4. The van der Waals surface area contributed by atoms with Crippen molar-refractivity contribution in [1.82, 2.24) is 20.2 Å². The summed E-state index contributed by atoms with van der Waals surface area (Å²) in [5.74, 6) is 0.699. The minimum atomic E-state index is -2.98. The molecule has 5 rings (SSSR count). The molecule has 1 N–H and O–H groups in total. The Hall–Kier alpha value is -3.30. The maximum absolute atomic E-state index is 14.6. The van der Waals surface area contributed by atoms with Crippen molar-refractivity contribution in [2.45, 2.75) is 63.6 Å². The van der Waals surface area contributed by atoms with Crippen LogP contribution in [0.3, 0.4) is 0 Å². The molecule has 10 heteroatoms. The Morgan fingerprint density at radius 1 is 1.00 bits per heavy atom. The number of benzene rings is 2. The van der Waals surface area contributed by atoms with E-state index in [-0.39, 0.29) is 23.2 Å². The molecule has 0 spiro atoms. The van der Waals surface area contributed by atoms with Gasteiger partial charge in [-0.3, -0.25) is 0 Å². The van der Waals surface area contributed by atoms with Gasteiger partial charge in [0.15, 0.2) is 17.3 Å². The quantitative estimate of drug-likeness (QED) is 0.383. The molecule has 2 fully saturated rings. The van der Waals surface area contributed by atoms with Gasteiger partial charge in [-0.2, -0.15) is 8.78 Å². The summed E-state index contributed by atoms with van der Waals surface area (Å²) >= 11 is 0. The predicted octanol–water partition coefficient (Wildman–Crippen LogP) is 5.91. The zero-order valence-electron chi connectivity index (χ0n) is 19.2. The van der Waals surface area contributed by atoms with Gasteiger partial charge in [-0.05, 0) is 71.9 Å². The van der Waals surface area contributed by atoms with Crippen molar-refractivity contribution in [3.63, 3.8) is 0 Å². The fourth-order valence-corrected chi connectivity index (χ4v) is 4.51. The lowest BCUT2D eigenvalue weighted by molar-refractivity contribution is -0.0515. The summed E-state index contributed by atoms with van der Waals surface area (Å²) in [5.41, 5.74) is 0.927. The van der Waals surface area contributed by atoms with E-state index < -0.39 is 18.5 Å². The molecule has 2 aliphatic carbocycles. The first kappa shape index (κ1) is 23.4. The van der Waals surface area contributed by atoms with Crippen LogP contribution >= 0.6 is 0 Å². The Balaban J connectivity index is 1.53. The highest BCUT2D eigenvalue weighted by molar-refractivity contribution is 5.51. The van der Waals surface area contributed by atoms with Crippen molar-refractivity contribution in [3.8, 4) is 11.5 Å². The smallest absolute Gasteiger partial charge is 0.387 e. The summed E-state index contributed by atoms with van der Waals surface area (Å²) < 4.78 is 53.0. The largest absolute Gasteiger partial charge is 0.489 e. The topological polar surface area (TPSA) is 74.1 Å². The molecule has 0 bridgehead atoms. The Morgan fingerprint density at radius 2 is 1.80 bits per heavy atom. The van der Waals surface area contributed by atoms with Crippen LogP contribution < -0.4 is 14.8 Å². The van der Waals surface area contributed by atoms with Crippen LogP contribution in [0, 0.1) is 11.7 Å². The number of halogens is 3. The second kappa shape index (κ2) is 10.5. The van der Waals surface area contributed by atoms with Gasteiger partial charge in [-0.15, -0.1) is 5.10 Å². The normalized spacial score (nSPS) is 17.4. The third-order valence-corrected chi connectivity index (χ3v) is 6.56. The van der Waals surface area contributed by atoms with Crippen molar-refractivity contribution in [1.29, 1.82) is 0 Å². The number of alkyl halides is 2. The molecule has 0 radical (unpaired) electrons. The van der Waals surface area contributed by atoms with Gasteiger partial charge < -0.3 is 14.8 Å². The van der Waals surface area contributed by atoms with E-state index in [1.54, 1.807) is 30.3 Å². The fourth-order valence-electron chi connectivity index (χ4n) is 4.51. The van der Waals surface area contributed by atoms with E-state index in [1.165, 1.54) is 18.6 Å². The highest BCUT2D eigenvalue weighted by Gasteiger charge is 2.29. The number of hydrogen-bond donors (Lipinski definition) is 1. The summed E-state index contributed by atoms with van der Waals surface area (Å²) in [5, 5.41) is 15.7. The first-order valence-electron chi connectivity index (χ1n) is 12.1. The molecular weight excluding hydrogens is 459 g/mol. The van der Waals surface area contributed by atoms with Gasteiger partial charge in [0, 0.05) is 0 Å². The Bertz CT molecular complexity index is 1130. The third kappa shape index (κ3) is 5.68. The Kier molecular flexibility index (Phi) is 7.06. The van der Waals surface area contributed by atoms with Crippen LogP contribution in [0.25, 0.3) is 0 Å². The third-order valence-electron chi connectivity index (χ3n) is 6.56. The Labute approximate surface area is 201 Å². The van der Waals surface area contributed by atoms with Gasteiger partial charge in [0.2, 0.25) is 0 Å². The molecule has 1 aromatic heterocycles. The number of nitrogens with one attached hydrogen (secondary N) is 1. The van der Waals surface area contributed by atoms with E-state index in [0.717, 1.165) is 38.5 Å². The highest BCUT2D eigenvalue weighted by Crippen LogP contribution is 2.38. The van der Waals surface area contributed by atoms with E-state index in [9.17, 15) is 13.2 Å². The number of tetrazole rings is 1. The lowest BCUT2D eigenvalue weighted by atomic mass is 9.95. The van der Waals surface area contributed by atoms with Gasteiger partial charge in [0.1, 0.15) is 11.9 Å². The Morgan fingerprint density at radius 3 is 2.54 bits per heavy atom. The monoisotopic (exact) mass is 487 g/mol. The van der Waals surface area contributed by atoms with Gasteiger partial charge >= 0.3 is 6.61 Å². The van der Waals surface area contributed by atoms with E-state index in [2.05, 4.69) is 20.8 Å². The number of hydrogen-bond acceptors (Lipinski definition) is 6. The van der Waals surface area contributed by atoms with Crippen molar-refractivity contribution in [3.05, 3.63) is 59.7 Å². The standard InChI is InChI=1S/C25H28F3N5O2/c26-19-8-4-5-9-20(19)29-23(24-30-31-32-33(24)18-6-2-1-3-7-18)17-12-13-21(35-25(27)28)22(14-17)34-15-16-10-11-16/h4-5,8-9,12-14,16,18,23,25,29H,1-3,6-7,10-11,15H2. The lowest BCUT2D eigenvalue weighted by Crippen LogP contribution is -2.23. The first-order chi connectivity index (χ1) is 17.1.